The predicted octanol–water partition coefficient (Wildman–Crippen LogP) is 8.02. The number of hydrogen-bond donors (Lipinski definition) is 2. The van der Waals surface area contributed by atoms with Gasteiger partial charge < -0.3 is 36.3 Å². The average Bonchev–Trinajstić information content (AvgIpc) is 3.30. The fraction of sp³-hybridized carbons (Fsp3) is 0.781. The number of benzene rings is 1. The Bertz CT molecular complexity index is 1280. The molecule has 296 valence electrons. The first-order valence-corrected chi connectivity index (χ1v) is 17.7. The van der Waals surface area contributed by atoms with Crippen LogP contribution >= 0.6 is 7.82 Å². The molecule has 0 heterocycles. The molecule has 0 saturated heterocycles. The number of hydrogen-bond acceptors (Lipinski definition) is 6. The van der Waals surface area contributed by atoms with Gasteiger partial charge in [0.15, 0.2) is 0 Å². The second-order valence-corrected chi connectivity index (χ2v) is 14.7. The summed E-state index contributed by atoms with van der Waals surface area (Å²) < 4.78 is 149. The summed E-state index contributed by atoms with van der Waals surface area (Å²) in [5.74, 6) is 1.95. The van der Waals surface area contributed by atoms with Crippen LogP contribution in [0, 0.1) is 24.7 Å². The van der Waals surface area contributed by atoms with E-state index in [2.05, 4.69) is 28.3 Å². The van der Waals surface area contributed by atoms with E-state index < -0.39 is 45.1 Å². The second kappa shape index (κ2) is 17.7. The molecule has 0 spiro atoms. The molecule has 0 radical (unpaired) electrons. The summed E-state index contributed by atoms with van der Waals surface area (Å²) in [5.41, 5.74) is -3.86. The third-order valence-electron chi connectivity index (χ3n) is 10.5. The Labute approximate surface area is 306 Å². The van der Waals surface area contributed by atoms with Crippen molar-refractivity contribution >= 4 is 7.82 Å². The number of rotatable bonds is 15. The van der Waals surface area contributed by atoms with Crippen molar-refractivity contribution in [3.8, 4) is 5.75 Å². The maximum absolute atomic E-state index is 13.1. The molecule has 1 aromatic rings. The minimum absolute atomic E-state index is 0. The maximum Gasteiger partial charge on any atom is 0.469 e. The number of phosphoric acid groups is 1. The number of ether oxygens (including phenoxy) is 3. The van der Waals surface area contributed by atoms with E-state index in [4.69, 9.17) is 19.3 Å². The third-order valence-corrected chi connectivity index (χ3v) is 11.0. The van der Waals surface area contributed by atoms with Crippen LogP contribution in [0.25, 0.3) is 0 Å². The van der Waals surface area contributed by atoms with Gasteiger partial charge in [-0.25, -0.2) is 4.57 Å². The molecule has 0 bridgehead atoms. The fourth-order valence-corrected chi connectivity index (χ4v) is 8.36. The molecule has 2 fully saturated rings. The molecule has 2 saturated carbocycles. The van der Waals surface area contributed by atoms with Crippen LogP contribution in [0.5, 0.6) is 5.75 Å². The molecule has 4 rings (SSSR count). The van der Waals surface area contributed by atoms with E-state index >= 15 is 0 Å². The Morgan fingerprint density at radius 2 is 1.49 bits per heavy atom. The Hall–Kier alpha value is -0.932. The number of alkyl halides is 9. The van der Waals surface area contributed by atoms with Gasteiger partial charge in [-0.2, -0.15) is 39.5 Å². The topological polar surface area (TPSA) is 97.7 Å². The van der Waals surface area contributed by atoms with Crippen LogP contribution in [0.2, 0.25) is 0 Å². The first kappa shape index (κ1) is 46.2. The van der Waals surface area contributed by atoms with Gasteiger partial charge in [0.2, 0.25) is 0 Å². The second-order valence-electron chi connectivity index (χ2n) is 13.5. The van der Waals surface area contributed by atoms with Crippen molar-refractivity contribution in [3.05, 3.63) is 36.8 Å². The summed E-state index contributed by atoms with van der Waals surface area (Å²) in [6.07, 6.45) is -13.9. The fourth-order valence-electron chi connectivity index (χ4n) is 8.00. The molecule has 3 aliphatic carbocycles. The SMILES string of the molecule is CN(CCO[C@H]1CCC2C3CCc4cc(OCCCCOP(=O)(O)O)ccc4C3CC[C@@]21C)CCOC(C(F)(F)F)(C(F)(F)F)C(F)(F)F.[CH3-].[W]. The minimum atomic E-state index is -6.76. The number of halogens is 9. The van der Waals surface area contributed by atoms with Crippen molar-refractivity contribution in [2.45, 2.75) is 94.4 Å². The number of likely N-dealkylation sites (N-methyl/N-ethyl adjacent to an activating group) is 1. The van der Waals surface area contributed by atoms with E-state index in [9.17, 15) is 44.1 Å². The molecular formula is C32H46F9NO7PW-. The molecule has 19 heteroatoms. The number of fused-ring (bicyclic) bond motifs is 5. The summed E-state index contributed by atoms with van der Waals surface area (Å²) in [6.45, 7) is 0.638. The summed E-state index contributed by atoms with van der Waals surface area (Å²) in [5, 5.41) is 0. The minimum Gasteiger partial charge on any atom is -0.494 e. The van der Waals surface area contributed by atoms with Crippen molar-refractivity contribution in [3.63, 3.8) is 0 Å². The van der Waals surface area contributed by atoms with Crippen molar-refractivity contribution in [1.29, 1.82) is 0 Å². The Morgan fingerprint density at radius 3 is 2.10 bits per heavy atom. The molecule has 51 heavy (non-hydrogen) atoms. The monoisotopic (exact) mass is 942 g/mol. The first-order valence-electron chi connectivity index (χ1n) is 16.2. The van der Waals surface area contributed by atoms with Crippen molar-refractivity contribution in [2.75, 3.05) is 46.6 Å². The zero-order chi connectivity index (χ0) is 36.5. The Balaban J connectivity index is 0.00000451. The summed E-state index contributed by atoms with van der Waals surface area (Å²) in [4.78, 5) is 18.8. The molecule has 0 aromatic heterocycles. The van der Waals surface area contributed by atoms with Crippen LogP contribution in [0.1, 0.15) is 68.9 Å². The number of aryl methyl sites for hydroxylation is 1. The van der Waals surface area contributed by atoms with Gasteiger partial charge in [-0.05, 0) is 105 Å². The van der Waals surface area contributed by atoms with E-state index in [1.54, 1.807) is 0 Å². The molecule has 5 atom stereocenters. The third kappa shape index (κ3) is 10.4. The van der Waals surface area contributed by atoms with Crippen molar-refractivity contribution in [1.82, 2.24) is 4.90 Å². The van der Waals surface area contributed by atoms with Crippen LogP contribution in [0.15, 0.2) is 18.2 Å². The van der Waals surface area contributed by atoms with E-state index in [1.165, 1.54) is 23.1 Å². The smallest absolute Gasteiger partial charge is 0.469 e. The van der Waals surface area contributed by atoms with Gasteiger partial charge >= 0.3 is 32.0 Å². The van der Waals surface area contributed by atoms with E-state index in [-0.39, 0.29) is 59.8 Å². The summed E-state index contributed by atoms with van der Waals surface area (Å²) >= 11 is 0. The van der Waals surface area contributed by atoms with Gasteiger partial charge in [0, 0.05) is 34.2 Å². The zero-order valence-electron chi connectivity index (χ0n) is 28.6. The van der Waals surface area contributed by atoms with Crippen LogP contribution < -0.4 is 4.74 Å². The molecule has 0 aliphatic heterocycles. The molecule has 2 N–H and O–H groups in total. The largest absolute Gasteiger partial charge is 0.494 e. The van der Waals surface area contributed by atoms with Gasteiger partial charge in [0.25, 0.3) is 0 Å². The van der Waals surface area contributed by atoms with Crippen molar-refractivity contribution in [2.24, 2.45) is 17.3 Å². The predicted molar refractivity (Wildman–Crippen MR) is 164 cm³/mol. The molecule has 8 nitrogen and oxygen atoms in total. The van der Waals surface area contributed by atoms with Crippen LogP contribution in [0.3, 0.4) is 0 Å². The van der Waals surface area contributed by atoms with Gasteiger partial charge in [-0.1, -0.05) is 13.0 Å². The van der Waals surface area contributed by atoms with Crippen LogP contribution in [0.4, 0.5) is 39.5 Å². The molecule has 3 aliphatic rings. The molecular weight excluding hydrogens is 896 g/mol. The maximum atomic E-state index is 13.1. The molecule has 0 amide bonds. The summed E-state index contributed by atoms with van der Waals surface area (Å²) in [7, 11) is -3.12. The number of nitrogens with zero attached hydrogens (tertiary/aromatic N) is 1. The Morgan fingerprint density at radius 1 is 0.882 bits per heavy atom. The van der Waals surface area contributed by atoms with E-state index in [1.807, 2.05) is 6.07 Å². The normalized spacial score (nSPS) is 25.4. The first-order chi connectivity index (χ1) is 22.6. The van der Waals surface area contributed by atoms with Gasteiger partial charge in [0.1, 0.15) is 5.75 Å². The average molecular weight is 943 g/mol. The van der Waals surface area contributed by atoms with Crippen LogP contribution in [-0.2, 0) is 46.0 Å². The van der Waals surface area contributed by atoms with Gasteiger partial charge in [-0.15, -0.1) is 0 Å². The number of phosphoric ester groups is 1. The standard InChI is InChI=1S/C31H43F9NO7P.CH3.W/c1-27-12-11-23-22-8-6-21(45-15-3-4-16-48-49(42,43)44)19-20(22)5-7-24(23)25(27)9-10-26(27)46-17-13-41(2)14-18-47-28(29(32,33)34,30(35,36)37)31(38,39)40;;/h6,8,19,23-26H,3-5,7,9-18H2,1-2H3,(H2,42,43,44);1H3;/q;-1;/t23?,24?,25?,26-,27-;;/m0../s1. The zero-order valence-corrected chi connectivity index (χ0v) is 32.4. The molecule has 3 unspecified atom stereocenters. The van der Waals surface area contributed by atoms with Crippen LogP contribution in [-0.4, -0.2) is 91.5 Å². The van der Waals surface area contributed by atoms with Gasteiger partial charge in [0.05, 0.1) is 32.5 Å². The van der Waals surface area contributed by atoms with Crippen molar-refractivity contribution < 1.29 is 93.7 Å². The van der Waals surface area contributed by atoms with Gasteiger partial charge in [-0.3, -0.25) is 4.52 Å². The molecule has 1 aromatic carbocycles. The Kier molecular flexibility index (Phi) is 16.0. The summed E-state index contributed by atoms with van der Waals surface area (Å²) in [6, 6.07) is 6.12. The van der Waals surface area contributed by atoms with E-state index in [0.717, 1.165) is 44.3 Å². The quantitative estimate of drug-likeness (QED) is 0.0791. The number of unbranched alkanes of at least 4 members (excludes halogenated alkanes) is 1. The van der Waals surface area contributed by atoms with E-state index in [0.29, 0.717) is 37.2 Å².